The van der Waals surface area contributed by atoms with Gasteiger partial charge in [0.25, 0.3) is 0 Å². The molecule has 0 amide bonds. The largest absolute Gasteiger partial charge is 0.0713 e. The Morgan fingerprint density at radius 1 is 0.164 bits per heavy atom. The van der Waals surface area contributed by atoms with E-state index in [1.165, 1.54) is 156 Å². The van der Waals surface area contributed by atoms with Gasteiger partial charge in [-0.25, -0.2) is 0 Å². The third-order valence-corrected chi connectivity index (χ3v) is 21.4. The molecule has 0 atom stereocenters. The van der Waals surface area contributed by atoms with E-state index in [-0.39, 0.29) is 16.2 Å². The molecule has 0 aromatic heterocycles. The van der Waals surface area contributed by atoms with Crippen molar-refractivity contribution in [2.24, 2.45) is 0 Å². The van der Waals surface area contributed by atoms with Crippen molar-refractivity contribution in [1.82, 2.24) is 0 Å². The van der Waals surface area contributed by atoms with Gasteiger partial charge in [-0.15, -0.1) is 0 Å². The van der Waals surface area contributed by atoms with Crippen molar-refractivity contribution in [3.8, 4) is 33.4 Å². The van der Waals surface area contributed by atoms with Gasteiger partial charge in [0.05, 0.1) is 16.2 Å². The summed E-state index contributed by atoms with van der Waals surface area (Å²) in [7, 11) is 0. The lowest BCUT2D eigenvalue weighted by molar-refractivity contribution is 0.768. The minimum atomic E-state index is -0.326. The summed E-state index contributed by atoms with van der Waals surface area (Å²) in [6, 6.07) is 137. The van der Waals surface area contributed by atoms with Crippen molar-refractivity contribution in [2.45, 2.75) is 257 Å². The highest BCUT2D eigenvalue weighted by Crippen LogP contribution is 2.59. The van der Waals surface area contributed by atoms with Crippen LogP contribution < -0.4 is 0 Å². The highest BCUT2D eigenvalue weighted by molar-refractivity contribution is 5.90. The van der Waals surface area contributed by atoms with Crippen LogP contribution in [0.5, 0.6) is 0 Å². The first-order valence-corrected chi connectivity index (χ1v) is 49.1. The lowest BCUT2D eigenvalue weighted by Crippen LogP contribution is -2.28. The molecule has 0 bridgehead atoms. The van der Waals surface area contributed by atoms with Crippen molar-refractivity contribution in [3.63, 3.8) is 0 Å². The molecule has 0 saturated heterocycles. The van der Waals surface area contributed by atoms with Crippen LogP contribution >= 0.6 is 0 Å². The Kier molecular flexibility index (Phi) is 54.8. The van der Waals surface area contributed by atoms with Gasteiger partial charge < -0.3 is 0 Å². The van der Waals surface area contributed by atoms with Crippen LogP contribution in [0, 0.1) is 41.5 Å². The molecular formula is C128H164. The average Bonchev–Trinajstić information content (AvgIpc) is 1.56. The molecule has 18 rings (SSSR count). The third kappa shape index (κ3) is 27.0. The molecule has 0 heterocycles. The Bertz CT molecular complexity index is 4910. The second-order valence-corrected chi connectivity index (χ2v) is 28.4. The number of fused-ring (bicyclic) bond motifs is 9. The maximum Gasteiger partial charge on any atom is 0.0713 e. The van der Waals surface area contributed by atoms with Crippen LogP contribution in [0.2, 0.25) is 0 Å². The van der Waals surface area contributed by atoms with Crippen molar-refractivity contribution in [3.05, 3.63) is 499 Å². The lowest BCUT2D eigenvalue weighted by Gasteiger charge is -2.34. The Hall–Kier alpha value is -11.7. The molecule has 15 aromatic carbocycles. The van der Waals surface area contributed by atoms with Crippen LogP contribution in [0.3, 0.4) is 0 Å². The van der Waals surface area contributed by atoms with E-state index in [0.717, 1.165) is 19.3 Å². The summed E-state index contributed by atoms with van der Waals surface area (Å²) in [6.45, 7) is 65.3. The zero-order valence-electron chi connectivity index (χ0n) is 85.4. The van der Waals surface area contributed by atoms with Gasteiger partial charge in [-0.05, 0) is 183 Å². The van der Waals surface area contributed by atoms with Crippen LogP contribution in [-0.4, -0.2) is 0 Å². The van der Waals surface area contributed by atoms with Crippen molar-refractivity contribution in [1.29, 1.82) is 0 Å². The molecule has 3 aliphatic carbocycles. The monoisotopic (exact) mass is 1700 g/mol. The zero-order chi connectivity index (χ0) is 95.6. The molecule has 0 N–H and O–H groups in total. The maximum absolute atomic E-state index is 2.35. The molecule has 0 nitrogen and oxygen atoms in total. The van der Waals surface area contributed by atoms with Gasteiger partial charge in [0.1, 0.15) is 0 Å². The maximum atomic E-state index is 2.35. The number of hydrogen-bond acceptors (Lipinski definition) is 0. The summed E-state index contributed by atoms with van der Waals surface area (Å²) < 4.78 is 0. The Morgan fingerprint density at radius 2 is 0.336 bits per heavy atom. The van der Waals surface area contributed by atoms with Gasteiger partial charge in [-0.1, -0.05) is 590 Å². The number of aryl methyl sites for hydroxylation is 8. The Labute approximate surface area is 783 Å². The van der Waals surface area contributed by atoms with Crippen LogP contribution in [0.25, 0.3) is 33.4 Å². The van der Waals surface area contributed by atoms with E-state index in [4.69, 9.17) is 0 Å². The molecule has 676 valence electrons. The van der Waals surface area contributed by atoms with Crippen LogP contribution in [0.15, 0.2) is 376 Å². The van der Waals surface area contributed by atoms with E-state index >= 15 is 0 Å². The molecule has 0 saturated carbocycles. The summed E-state index contributed by atoms with van der Waals surface area (Å²) in [5, 5.41) is 0. The van der Waals surface area contributed by atoms with E-state index in [0.29, 0.717) is 0 Å². The SMILES string of the molecule is CC.CC.CC.CC.CC.CC.CC.CC.CC.CC.CC.CC.CCc1cc(C)cc(C)c1.CCc1cc(C)cc(C)c1.Cc1cc(C)cc(Cc2cccc3c2-c2ccccc2C3(c2ccccc2)c2ccccc2)c1.c1ccc(C2(c3ccccc3)c3ccccc3-c3ccccc32)cc1.c1ccc(C2(c3ccccc3)c3ccccc3-c3ccccc32)cc1. The second-order valence-electron chi connectivity index (χ2n) is 28.4. The molecular weight excluding hydrogens is 1540 g/mol. The first-order valence-electron chi connectivity index (χ1n) is 49.1. The first kappa shape index (κ1) is 112. The third-order valence-electron chi connectivity index (χ3n) is 21.4. The molecule has 0 fully saturated rings. The van der Waals surface area contributed by atoms with Gasteiger partial charge in [-0.2, -0.15) is 0 Å². The summed E-state index contributed by atoms with van der Waals surface area (Å²) in [5.41, 5.74) is 37.2. The fourth-order valence-electron chi connectivity index (χ4n) is 17.5. The fraction of sp³-hybridized carbons (Fsp3) is 0.297. The molecule has 0 aliphatic heterocycles. The average molecular weight is 1700 g/mol. The minimum Gasteiger partial charge on any atom is -0.0683 e. The predicted molar refractivity (Wildman–Crippen MR) is 577 cm³/mol. The molecule has 128 heavy (non-hydrogen) atoms. The Balaban J connectivity index is 0.000000534. The highest BCUT2D eigenvalue weighted by Gasteiger charge is 2.49. The van der Waals surface area contributed by atoms with E-state index in [2.05, 4.69) is 432 Å². The van der Waals surface area contributed by atoms with E-state index in [1.807, 2.05) is 166 Å². The van der Waals surface area contributed by atoms with Gasteiger partial charge in [0, 0.05) is 0 Å². The predicted octanol–water partition coefficient (Wildman–Crippen LogP) is 38.4. The second kappa shape index (κ2) is 62.5. The minimum absolute atomic E-state index is 0.254. The van der Waals surface area contributed by atoms with Crippen LogP contribution in [-0.2, 0) is 35.5 Å². The lowest BCUT2D eigenvalue weighted by atomic mass is 9.67. The highest BCUT2D eigenvalue weighted by atomic mass is 14.5. The molecule has 0 spiro atoms. The quantitative estimate of drug-likeness (QED) is 0.128. The molecule has 0 radical (unpaired) electrons. The smallest absolute Gasteiger partial charge is 0.0683 e. The standard InChI is InChI=1S/C34H28.2C25H18.2C10H14.12C2H6/c1-24-20-25(2)22-26(21-24)23-27-12-11-19-32-33(27)30-17-9-10-18-31(30)34(32,28-13-5-3-6-14-28)29-15-7-4-8-16-29;2*1-3-11-19(12-4-1)25(20-13-5-2-6-14-20)23-17-9-7-15-21(23)22-16-8-10-18-24(22)25;2*1-4-10-6-8(2)5-9(3)7-10;12*1-2/h3-22H,23H2,1-2H3;2*1-18H;2*5-7H,4H2,1-3H3;12*1-2H3. The molecule has 0 heteroatoms. The van der Waals surface area contributed by atoms with Crippen LogP contribution in [0.4, 0.5) is 0 Å². The zero-order valence-corrected chi connectivity index (χ0v) is 85.4. The van der Waals surface area contributed by atoms with E-state index in [9.17, 15) is 0 Å². The molecule has 0 unspecified atom stereocenters. The van der Waals surface area contributed by atoms with E-state index in [1.54, 1.807) is 0 Å². The van der Waals surface area contributed by atoms with E-state index < -0.39 is 0 Å². The number of hydrogen-bond donors (Lipinski definition) is 0. The normalized spacial score (nSPS) is 11.1. The summed E-state index contributed by atoms with van der Waals surface area (Å²) in [6.07, 6.45) is 3.21. The van der Waals surface area contributed by atoms with Gasteiger partial charge in [0.2, 0.25) is 0 Å². The van der Waals surface area contributed by atoms with Crippen molar-refractivity contribution in [2.75, 3.05) is 0 Å². The van der Waals surface area contributed by atoms with Crippen molar-refractivity contribution < 1.29 is 0 Å². The van der Waals surface area contributed by atoms with Crippen LogP contribution in [0.1, 0.15) is 302 Å². The van der Waals surface area contributed by atoms with Crippen molar-refractivity contribution >= 4 is 0 Å². The summed E-state index contributed by atoms with van der Waals surface area (Å²) in [5.74, 6) is 0. The van der Waals surface area contributed by atoms with Gasteiger partial charge in [-0.3, -0.25) is 0 Å². The molecule has 15 aromatic rings. The Morgan fingerprint density at radius 3 is 0.555 bits per heavy atom. The number of rotatable bonds is 10. The summed E-state index contributed by atoms with van der Waals surface area (Å²) in [4.78, 5) is 0. The van der Waals surface area contributed by atoms with Gasteiger partial charge in [0.15, 0.2) is 0 Å². The summed E-state index contributed by atoms with van der Waals surface area (Å²) >= 11 is 0. The fourth-order valence-corrected chi connectivity index (χ4v) is 17.5. The first-order chi connectivity index (χ1) is 63.0. The molecule has 3 aliphatic rings. The number of benzene rings is 15. The topological polar surface area (TPSA) is 0 Å². The van der Waals surface area contributed by atoms with Gasteiger partial charge >= 0.3 is 0 Å².